The van der Waals surface area contributed by atoms with Gasteiger partial charge in [0.1, 0.15) is 12.2 Å². The van der Waals surface area contributed by atoms with Gasteiger partial charge in [-0.1, -0.05) is 6.07 Å². The summed E-state index contributed by atoms with van der Waals surface area (Å²) in [6, 6.07) is 6.74. The van der Waals surface area contributed by atoms with Crippen molar-refractivity contribution in [2.45, 2.75) is 32.1 Å². The molecule has 154 valence electrons. The molecule has 3 aromatic rings. The van der Waals surface area contributed by atoms with Gasteiger partial charge in [0.2, 0.25) is 5.95 Å². The minimum atomic E-state index is -4.45. The molecule has 1 aliphatic heterocycles. The van der Waals surface area contributed by atoms with Gasteiger partial charge in [0.05, 0.1) is 11.0 Å². The fourth-order valence-electron chi connectivity index (χ4n) is 3.67. The molecule has 0 spiro atoms. The Hall–Kier alpha value is -2.88. The Morgan fingerprint density at radius 3 is 2.62 bits per heavy atom. The smallest absolute Gasteiger partial charge is 0.301 e. The van der Waals surface area contributed by atoms with E-state index in [-0.39, 0.29) is 11.6 Å². The van der Waals surface area contributed by atoms with Crippen LogP contribution < -0.4 is 5.32 Å². The molecule has 1 N–H and O–H groups in total. The van der Waals surface area contributed by atoms with E-state index in [4.69, 9.17) is 0 Å². The van der Waals surface area contributed by atoms with Crippen molar-refractivity contribution in [3.05, 3.63) is 41.7 Å². The number of amides is 1. The number of hydrogen-bond acceptors (Lipinski definition) is 4. The number of aryl methyl sites for hydroxylation is 1. The van der Waals surface area contributed by atoms with Crippen LogP contribution in [0.4, 0.5) is 19.1 Å². The Kier molecular flexibility index (Phi) is 5.03. The zero-order valence-electron chi connectivity index (χ0n) is 15.9. The summed E-state index contributed by atoms with van der Waals surface area (Å²) in [6.45, 7) is 1.54. The lowest BCUT2D eigenvalue weighted by atomic mass is 10.2. The molecule has 0 radical (unpaired) electrons. The topological polar surface area (TPSA) is 68.0 Å². The largest absolute Gasteiger partial charge is 0.406 e. The summed E-state index contributed by atoms with van der Waals surface area (Å²) in [5.41, 5.74) is 1.96. The van der Waals surface area contributed by atoms with Gasteiger partial charge in [-0.3, -0.25) is 19.7 Å². The fourth-order valence-corrected chi connectivity index (χ4v) is 3.67. The summed E-state index contributed by atoms with van der Waals surface area (Å²) in [7, 11) is 1.58. The maximum Gasteiger partial charge on any atom is 0.406 e. The molecule has 10 heteroatoms. The molecule has 0 bridgehead atoms. The molecule has 0 unspecified atom stereocenters. The first-order chi connectivity index (χ1) is 13.8. The third kappa shape index (κ3) is 4.26. The number of fused-ring (bicyclic) bond motifs is 1. The van der Waals surface area contributed by atoms with E-state index in [1.54, 1.807) is 19.2 Å². The van der Waals surface area contributed by atoms with Gasteiger partial charge in [0, 0.05) is 19.8 Å². The quantitative estimate of drug-likeness (QED) is 0.707. The number of imidazole rings is 1. The summed E-state index contributed by atoms with van der Waals surface area (Å²) in [5.74, 6) is -0.706. The van der Waals surface area contributed by atoms with Crippen LogP contribution in [0.3, 0.4) is 0 Å². The van der Waals surface area contributed by atoms with E-state index in [9.17, 15) is 18.0 Å². The van der Waals surface area contributed by atoms with Crippen LogP contribution >= 0.6 is 0 Å². The third-order valence-electron chi connectivity index (χ3n) is 5.03. The van der Waals surface area contributed by atoms with E-state index in [2.05, 4.69) is 20.3 Å². The summed E-state index contributed by atoms with van der Waals surface area (Å²) in [4.78, 5) is 19.1. The highest BCUT2D eigenvalue weighted by molar-refractivity contribution is 6.02. The number of alkyl halides is 3. The van der Waals surface area contributed by atoms with Gasteiger partial charge in [-0.05, 0) is 49.7 Å². The summed E-state index contributed by atoms with van der Waals surface area (Å²) < 4.78 is 41.8. The van der Waals surface area contributed by atoms with E-state index < -0.39 is 18.6 Å². The maximum atomic E-state index is 13.2. The van der Waals surface area contributed by atoms with Crippen LogP contribution in [0.15, 0.2) is 30.5 Å². The number of rotatable bonds is 5. The molecule has 0 saturated carbocycles. The second-order valence-corrected chi connectivity index (χ2v) is 7.24. The van der Waals surface area contributed by atoms with Crippen molar-refractivity contribution in [3.8, 4) is 0 Å². The third-order valence-corrected chi connectivity index (χ3v) is 5.03. The van der Waals surface area contributed by atoms with Crippen LogP contribution in [0.5, 0.6) is 0 Å². The van der Waals surface area contributed by atoms with Gasteiger partial charge < -0.3 is 4.57 Å². The number of halogens is 3. The first-order valence-electron chi connectivity index (χ1n) is 9.38. The summed E-state index contributed by atoms with van der Waals surface area (Å²) in [5, 5.41) is 6.41. The zero-order chi connectivity index (χ0) is 20.6. The van der Waals surface area contributed by atoms with Gasteiger partial charge in [-0.2, -0.15) is 18.3 Å². The van der Waals surface area contributed by atoms with Crippen molar-refractivity contribution in [2.24, 2.45) is 7.05 Å². The predicted octanol–water partition coefficient (Wildman–Crippen LogP) is 3.18. The Balaban J connectivity index is 1.67. The second kappa shape index (κ2) is 7.51. The lowest BCUT2D eigenvalue weighted by Gasteiger charge is -2.15. The molecule has 4 rings (SSSR count). The summed E-state index contributed by atoms with van der Waals surface area (Å²) in [6.07, 6.45) is -0.689. The summed E-state index contributed by atoms with van der Waals surface area (Å²) >= 11 is 0. The number of likely N-dealkylation sites (tertiary alicyclic amines) is 1. The van der Waals surface area contributed by atoms with E-state index in [1.165, 1.54) is 16.9 Å². The lowest BCUT2D eigenvalue weighted by Crippen LogP contribution is -2.23. The first kappa shape index (κ1) is 19.4. The number of nitrogens with one attached hydrogen (secondary N) is 1. The van der Waals surface area contributed by atoms with Gasteiger partial charge >= 0.3 is 6.18 Å². The highest BCUT2D eigenvalue weighted by atomic mass is 19.4. The average Bonchev–Trinajstić information content (AvgIpc) is 3.36. The van der Waals surface area contributed by atoms with Crippen molar-refractivity contribution >= 4 is 22.9 Å². The van der Waals surface area contributed by atoms with E-state index in [0.29, 0.717) is 11.0 Å². The lowest BCUT2D eigenvalue weighted by molar-refractivity contribution is -0.139. The molecule has 0 atom stereocenters. The van der Waals surface area contributed by atoms with Gasteiger partial charge in [0.25, 0.3) is 5.91 Å². The number of hydrogen-bond donors (Lipinski definition) is 1. The van der Waals surface area contributed by atoms with Gasteiger partial charge in [0.15, 0.2) is 0 Å². The fraction of sp³-hybridized carbons (Fsp3) is 0.421. The molecule has 3 heterocycles. The Morgan fingerprint density at radius 1 is 1.21 bits per heavy atom. The molecular formula is C19H21F3N6O. The molecule has 1 aromatic carbocycles. The molecule has 29 heavy (non-hydrogen) atoms. The van der Waals surface area contributed by atoms with Crippen LogP contribution in [0.2, 0.25) is 0 Å². The van der Waals surface area contributed by atoms with Crippen LogP contribution in [0.1, 0.15) is 28.9 Å². The Bertz CT molecular complexity index is 1030. The Labute approximate surface area is 165 Å². The van der Waals surface area contributed by atoms with Crippen LogP contribution in [-0.4, -0.2) is 49.4 Å². The second-order valence-electron chi connectivity index (χ2n) is 7.24. The van der Waals surface area contributed by atoms with Crippen molar-refractivity contribution in [3.63, 3.8) is 0 Å². The molecule has 1 fully saturated rings. The molecule has 1 saturated heterocycles. The van der Waals surface area contributed by atoms with E-state index >= 15 is 0 Å². The molecule has 7 nitrogen and oxygen atoms in total. The van der Waals surface area contributed by atoms with Gasteiger partial charge in [-0.25, -0.2) is 4.98 Å². The molecule has 1 aliphatic rings. The number of carbonyl (C=O) groups excluding carboxylic acids is 1. The minimum absolute atomic E-state index is 0.137. The van der Waals surface area contributed by atoms with E-state index in [1.807, 2.05) is 6.07 Å². The van der Waals surface area contributed by atoms with Crippen molar-refractivity contribution in [1.29, 1.82) is 0 Å². The van der Waals surface area contributed by atoms with Crippen molar-refractivity contribution in [1.82, 2.24) is 24.2 Å². The first-order valence-corrected chi connectivity index (χ1v) is 9.38. The van der Waals surface area contributed by atoms with Gasteiger partial charge in [-0.15, -0.1) is 0 Å². The predicted molar refractivity (Wildman–Crippen MR) is 101 cm³/mol. The highest BCUT2D eigenvalue weighted by Gasteiger charge is 2.31. The minimum Gasteiger partial charge on any atom is -0.301 e. The normalized spacial score (nSPS) is 15.3. The number of benzene rings is 1. The Morgan fingerprint density at radius 2 is 1.97 bits per heavy atom. The highest BCUT2D eigenvalue weighted by Crippen LogP contribution is 2.27. The van der Waals surface area contributed by atoms with Crippen LogP contribution in [-0.2, 0) is 20.1 Å². The molecule has 2 aromatic heterocycles. The number of aromatic nitrogens is 4. The SMILES string of the molecule is Cn1nccc1C(=O)Nc1nc2cc(CN3CCCC3)ccc2n1CC(F)(F)F. The number of anilines is 1. The molecular weight excluding hydrogens is 385 g/mol. The van der Waals surface area contributed by atoms with Crippen LogP contribution in [0, 0.1) is 0 Å². The van der Waals surface area contributed by atoms with Crippen molar-refractivity contribution < 1.29 is 18.0 Å². The zero-order valence-corrected chi connectivity index (χ0v) is 15.9. The average molecular weight is 406 g/mol. The number of carbonyl (C=O) groups is 1. The van der Waals surface area contributed by atoms with Crippen molar-refractivity contribution in [2.75, 3.05) is 18.4 Å². The molecule has 0 aliphatic carbocycles. The number of nitrogens with zero attached hydrogens (tertiary/aromatic N) is 5. The maximum absolute atomic E-state index is 13.2. The van der Waals surface area contributed by atoms with Crippen LogP contribution in [0.25, 0.3) is 11.0 Å². The van der Waals surface area contributed by atoms with E-state index in [0.717, 1.165) is 42.6 Å². The monoisotopic (exact) mass is 406 g/mol. The standard InChI is InChI=1S/C19H21F3N6O/c1-26-16(6-7-23-26)17(29)25-18-24-14-10-13(11-27-8-2-3-9-27)4-5-15(14)28(18)12-19(20,21)22/h4-7,10H,2-3,8-9,11-12H2,1H3,(H,24,25,29). The molecule has 1 amide bonds.